The predicted octanol–water partition coefficient (Wildman–Crippen LogP) is 5.35. The molecule has 23 heavy (non-hydrogen) atoms. The monoisotopic (exact) mass is 304 g/mol. The average Bonchev–Trinajstić information content (AvgIpc) is 2.53. The van der Waals surface area contributed by atoms with Gasteiger partial charge in [0.25, 0.3) is 0 Å². The molecule has 0 spiro atoms. The van der Waals surface area contributed by atoms with E-state index in [9.17, 15) is 4.79 Å². The molecule has 0 fully saturated rings. The quantitative estimate of drug-likeness (QED) is 0.370. The van der Waals surface area contributed by atoms with Crippen LogP contribution in [-0.2, 0) is 15.1 Å². The minimum atomic E-state index is -0.724. The van der Waals surface area contributed by atoms with E-state index in [-0.39, 0.29) is 5.97 Å². The number of rotatable bonds is 3. The predicted molar refractivity (Wildman–Crippen MR) is 95.4 cm³/mol. The van der Waals surface area contributed by atoms with Gasteiger partial charge in [-0.15, -0.1) is 0 Å². The lowest BCUT2D eigenvalue weighted by molar-refractivity contribution is -0.152. The third-order valence-electron chi connectivity index (χ3n) is 4.13. The highest BCUT2D eigenvalue weighted by Gasteiger charge is 2.27. The Hall–Kier alpha value is -2.61. The van der Waals surface area contributed by atoms with Gasteiger partial charge >= 0.3 is 5.97 Å². The SMILES string of the molecule is C=C(C)C(=O)OC(C)(C)c1cccc2c1ccc1ccccc12. The van der Waals surface area contributed by atoms with Crippen LogP contribution in [0.5, 0.6) is 0 Å². The van der Waals surface area contributed by atoms with E-state index in [2.05, 4.69) is 36.9 Å². The Bertz CT molecular complexity index is 919. The summed E-state index contributed by atoms with van der Waals surface area (Å²) in [6, 6.07) is 18.7. The van der Waals surface area contributed by atoms with Crippen LogP contribution in [0, 0.1) is 0 Å². The van der Waals surface area contributed by atoms with Crippen LogP contribution in [0.15, 0.2) is 66.7 Å². The number of carbonyl (C=O) groups excluding carboxylic acids is 1. The van der Waals surface area contributed by atoms with Crippen LogP contribution in [0.1, 0.15) is 26.3 Å². The van der Waals surface area contributed by atoms with Gasteiger partial charge in [0.15, 0.2) is 0 Å². The number of ether oxygens (including phenoxy) is 1. The standard InChI is InChI=1S/C21H20O2/c1-14(2)20(22)23-21(3,4)19-11-7-10-17-16-9-6-5-8-15(16)12-13-18(17)19/h5-13H,1H2,2-4H3. The molecule has 0 saturated carbocycles. The van der Waals surface area contributed by atoms with E-state index in [4.69, 9.17) is 4.74 Å². The van der Waals surface area contributed by atoms with Crippen LogP contribution < -0.4 is 0 Å². The molecule has 0 aliphatic carbocycles. The first-order valence-electron chi connectivity index (χ1n) is 7.70. The molecule has 116 valence electrons. The van der Waals surface area contributed by atoms with Gasteiger partial charge in [-0.05, 0) is 42.3 Å². The summed E-state index contributed by atoms with van der Waals surface area (Å²) in [5, 5.41) is 4.67. The first-order chi connectivity index (χ1) is 10.9. The molecule has 0 amide bonds. The van der Waals surface area contributed by atoms with Crippen molar-refractivity contribution in [1.29, 1.82) is 0 Å². The molecular formula is C21H20O2. The highest BCUT2D eigenvalue weighted by molar-refractivity contribution is 6.08. The molecule has 0 aromatic heterocycles. The lowest BCUT2D eigenvalue weighted by atomic mass is 9.90. The zero-order valence-corrected chi connectivity index (χ0v) is 13.7. The Morgan fingerprint density at radius 3 is 2.35 bits per heavy atom. The average molecular weight is 304 g/mol. The minimum Gasteiger partial charge on any atom is -0.451 e. The number of hydrogen-bond donors (Lipinski definition) is 0. The van der Waals surface area contributed by atoms with Gasteiger partial charge in [0, 0.05) is 11.1 Å². The molecule has 0 heterocycles. The molecule has 0 bridgehead atoms. The number of fused-ring (bicyclic) bond motifs is 3. The van der Waals surface area contributed by atoms with Gasteiger partial charge in [-0.25, -0.2) is 4.79 Å². The lowest BCUT2D eigenvalue weighted by Gasteiger charge is -2.27. The number of esters is 1. The molecule has 0 saturated heterocycles. The fraction of sp³-hybridized carbons (Fsp3) is 0.190. The van der Waals surface area contributed by atoms with E-state index in [0.29, 0.717) is 5.57 Å². The second kappa shape index (κ2) is 5.54. The van der Waals surface area contributed by atoms with E-state index < -0.39 is 5.60 Å². The van der Waals surface area contributed by atoms with Gasteiger partial charge in [0.2, 0.25) is 0 Å². The Kier molecular flexibility index (Phi) is 3.69. The van der Waals surface area contributed by atoms with Crippen molar-refractivity contribution in [2.75, 3.05) is 0 Å². The highest BCUT2D eigenvalue weighted by atomic mass is 16.6. The summed E-state index contributed by atoms with van der Waals surface area (Å²) in [4.78, 5) is 12.0. The fourth-order valence-corrected chi connectivity index (χ4v) is 2.94. The van der Waals surface area contributed by atoms with Crippen LogP contribution in [-0.4, -0.2) is 5.97 Å². The van der Waals surface area contributed by atoms with E-state index >= 15 is 0 Å². The third kappa shape index (κ3) is 2.72. The van der Waals surface area contributed by atoms with Crippen molar-refractivity contribution in [3.8, 4) is 0 Å². The first kappa shape index (κ1) is 15.3. The molecule has 2 nitrogen and oxygen atoms in total. The van der Waals surface area contributed by atoms with Crippen molar-refractivity contribution < 1.29 is 9.53 Å². The van der Waals surface area contributed by atoms with Gasteiger partial charge in [0.1, 0.15) is 5.60 Å². The van der Waals surface area contributed by atoms with Gasteiger partial charge in [-0.2, -0.15) is 0 Å². The number of benzene rings is 3. The fourth-order valence-electron chi connectivity index (χ4n) is 2.94. The number of carbonyl (C=O) groups is 1. The van der Waals surface area contributed by atoms with Gasteiger partial charge in [-0.1, -0.05) is 61.2 Å². The van der Waals surface area contributed by atoms with E-state index in [1.807, 2.05) is 38.1 Å². The largest absolute Gasteiger partial charge is 0.451 e. The maximum absolute atomic E-state index is 12.0. The zero-order valence-electron chi connectivity index (χ0n) is 13.7. The van der Waals surface area contributed by atoms with Crippen LogP contribution in [0.3, 0.4) is 0 Å². The van der Waals surface area contributed by atoms with Crippen molar-refractivity contribution in [1.82, 2.24) is 0 Å². The smallest absolute Gasteiger partial charge is 0.333 e. The van der Waals surface area contributed by atoms with Crippen LogP contribution in [0.2, 0.25) is 0 Å². The summed E-state index contributed by atoms with van der Waals surface area (Å²) in [6.45, 7) is 9.15. The summed E-state index contributed by atoms with van der Waals surface area (Å²) >= 11 is 0. The molecule has 0 aliphatic rings. The third-order valence-corrected chi connectivity index (χ3v) is 4.13. The molecular weight excluding hydrogens is 284 g/mol. The summed E-state index contributed by atoms with van der Waals surface area (Å²) in [5.41, 5.74) is 0.678. The maximum Gasteiger partial charge on any atom is 0.333 e. The lowest BCUT2D eigenvalue weighted by Crippen LogP contribution is -2.26. The summed E-state index contributed by atoms with van der Waals surface area (Å²) < 4.78 is 5.67. The van der Waals surface area contributed by atoms with E-state index in [1.165, 1.54) is 16.2 Å². The van der Waals surface area contributed by atoms with E-state index in [1.54, 1.807) is 6.92 Å². The van der Waals surface area contributed by atoms with Crippen molar-refractivity contribution in [3.05, 3.63) is 72.3 Å². The van der Waals surface area contributed by atoms with Crippen molar-refractivity contribution in [3.63, 3.8) is 0 Å². The van der Waals surface area contributed by atoms with E-state index in [0.717, 1.165) is 10.9 Å². The van der Waals surface area contributed by atoms with Crippen LogP contribution in [0.4, 0.5) is 0 Å². The number of hydrogen-bond acceptors (Lipinski definition) is 2. The van der Waals surface area contributed by atoms with Crippen LogP contribution in [0.25, 0.3) is 21.5 Å². The molecule has 0 atom stereocenters. The summed E-state index contributed by atoms with van der Waals surface area (Å²) in [6.07, 6.45) is 0. The van der Waals surface area contributed by atoms with Crippen molar-refractivity contribution in [2.45, 2.75) is 26.4 Å². The van der Waals surface area contributed by atoms with Crippen LogP contribution >= 0.6 is 0 Å². The zero-order chi connectivity index (χ0) is 16.6. The summed E-state index contributed by atoms with van der Waals surface area (Å²) in [7, 11) is 0. The Morgan fingerprint density at radius 1 is 0.913 bits per heavy atom. The highest BCUT2D eigenvalue weighted by Crippen LogP contribution is 2.35. The second-order valence-electron chi connectivity index (χ2n) is 6.37. The minimum absolute atomic E-state index is 0.368. The topological polar surface area (TPSA) is 26.3 Å². The molecule has 0 radical (unpaired) electrons. The Labute approximate surface area is 136 Å². The Morgan fingerprint density at radius 2 is 1.61 bits per heavy atom. The normalized spacial score (nSPS) is 11.6. The molecule has 0 N–H and O–H groups in total. The molecule has 3 aromatic rings. The molecule has 0 aliphatic heterocycles. The molecule has 2 heteroatoms. The molecule has 0 unspecified atom stereocenters. The summed E-state index contributed by atoms with van der Waals surface area (Å²) in [5.74, 6) is -0.368. The maximum atomic E-state index is 12.0. The van der Waals surface area contributed by atoms with Crippen molar-refractivity contribution >= 4 is 27.5 Å². The second-order valence-corrected chi connectivity index (χ2v) is 6.37. The molecule has 3 aromatic carbocycles. The van der Waals surface area contributed by atoms with Crippen molar-refractivity contribution in [2.24, 2.45) is 0 Å². The van der Waals surface area contributed by atoms with Gasteiger partial charge < -0.3 is 4.74 Å². The van der Waals surface area contributed by atoms with Gasteiger partial charge in [0.05, 0.1) is 0 Å². The van der Waals surface area contributed by atoms with Gasteiger partial charge in [-0.3, -0.25) is 0 Å². The first-order valence-corrected chi connectivity index (χ1v) is 7.70. The Balaban J connectivity index is 2.20. The molecule has 3 rings (SSSR count).